The Kier molecular flexibility index (Phi) is 3.67. The van der Waals surface area contributed by atoms with E-state index in [-0.39, 0.29) is 11.3 Å². The van der Waals surface area contributed by atoms with E-state index < -0.39 is 22.9 Å². The number of amides is 1. The van der Waals surface area contributed by atoms with Crippen LogP contribution in [-0.2, 0) is 0 Å². The summed E-state index contributed by atoms with van der Waals surface area (Å²) in [5, 5.41) is 12.6. The van der Waals surface area contributed by atoms with E-state index in [2.05, 4.69) is 5.32 Å². The normalized spacial score (nSPS) is 12.3. The van der Waals surface area contributed by atoms with Crippen LogP contribution in [0.15, 0.2) is 18.2 Å². The molecule has 0 saturated heterocycles. The SMILES string of the molecule is CC(C)(O)C(C)(C)NC(=O)c1cc(F)ccc1N. The Labute approximate surface area is 106 Å². The predicted molar refractivity (Wildman–Crippen MR) is 68.7 cm³/mol. The Hall–Kier alpha value is -1.62. The number of rotatable bonds is 3. The van der Waals surface area contributed by atoms with Gasteiger partial charge in [-0.05, 0) is 45.9 Å². The highest BCUT2D eigenvalue weighted by atomic mass is 19.1. The second-order valence-electron chi connectivity index (χ2n) is 5.37. The minimum Gasteiger partial charge on any atom is -0.398 e. The first-order valence-corrected chi connectivity index (χ1v) is 5.64. The molecule has 0 bridgehead atoms. The highest BCUT2D eigenvalue weighted by Crippen LogP contribution is 2.22. The fourth-order valence-electron chi connectivity index (χ4n) is 1.23. The third-order valence-electron chi connectivity index (χ3n) is 3.22. The molecular formula is C13H19FN2O2. The maximum absolute atomic E-state index is 13.1. The molecule has 18 heavy (non-hydrogen) atoms. The number of carbonyl (C=O) groups excluding carboxylic acids is 1. The van der Waals surface area contributed by atoms with Crippen LogP contribution in [0.4, 0.5) is 10.1 Å². The van der Waals surface area contributed by atoms with E-state index in [0.29, 0.717) is 0 Å². The summed E-state index contributed by atoms with van der Waals surface area (Å²) in [5.74, 6) is -1.05. The molecule has 1 aromatic rings. The molecule has 0 saturated carbocycles. The van der Waals surface area contributed by atoms with Crippen molar-refractivity contribution in [2.24, 2.45) is 0 Å². The molecule has 0 spiro atoms. The average Bonchev–Trinajstić information content (AvgIpc) is 2.19. The van der Waals surface area contributed by atoms with Crippen LogP contribution in [0.2, 0.25) is 0 Å². The molecule has 0 unspecified atom stereocenters. The molecule has 0 heterocycles. The van der Waals surface area contributed by atoms with Gasteiger partial charge in [0.2, 0.25) is 0 Å². The Balaban J connectivity index is 3.00. The van der Waals surface area contributed by atoms with Gasteiger partial charge in [0.25, 0.3) is 5.91 Å². The zero-order valence-electron chi connectivity index (χ0n) is 11.0. The van der Waals surface area contributed by atoms with Gasteiger partial charge in [0.05, 0.1) is 16.7 Å². The van der Waals surface area contributed by atoms with Gasteiger partial charge in [0.15, 0.2) is 0 Å². The van der Waals surface area contributed by atoms with Crippen LogP contribution < -0.4 is 11.1 Å². The van der Waals surface area contributed by atoms with Crippen molar-refractivity contribution in [3.8, 4) is 0 Å². The lowest BCUT2D eigenvalue weighted by Gasteiger charge is -2.38. The molecule has 0 aliphatic heterocycles. The van der Waals surface area contributed by atoms with E-state index in [0.717, 1.165) is 6.07 Å². The maximum Gasteiger partial charge on any atom is 0.253 e. The topological polar surface area (TPSA) is 75.3 Å². The van der Waals surface area contributed by atoms with Gasteiger partial charge in [-0.25, -0.2) is 4.39 Å². The van der Waals surface area contributed by atoms with Gasteiger partial charge in [-0.1, -0.05) is 0 Å². The van der Waals surface area contributed by atoms with E-state index >= 15 is 0 Å². The summed E-state index contributed by atoms with van der Waals surface area (Å²) >= 11 is 0. The van der Waals surface area contributed by atoms with Gasteiger partial charge in [-0.3, -0.25) is 4.79 Å². The molecule has 1 amide bonds. The molecule has 0 fully saturated rings. The van der Waals surface area contributed by atoms with Crippen LogP contribution in [0, 0.1) is 5.82 Å². The van der Waals surface area contributed by atoms with Gasteiger partial charge in [-0.15, -0.1) is 0 Å². The Morgan fingerprint density at radius 1 is 1.33 bits per heavy atom. The van der Waals surface area contributed by atoms with Gasteiger partial charge >= 0.3 is 0 Å². The summed E-state index contributed by atoms with van der Waals surface area (Å²) in [5.41, 5.74) is 3.89. The summed E-state index contributed by atoms with van der Waals surface area (Å²) < 4.78 is 13.1. The van der Waals surface area contributed by atoms with Crippen molar-refractivity contribution in [1.29, 1.82) is 0 Å². The third kappa shape index (κ3) is 2.98. The third-order valence-corrected chi connectivity index (χ3v) is 3.22. The number of hydrogen-bond donors (Lipinski definition) is 3. The van der Waals surface area contributed by atoms with Gasteiger partial charge in [-0.2, -0.15) is 0 Å². The minimum absolute atomic E-state index is 0.0623. The van der Waals surface area contributed by atoms with Crippen LogP contribution in [-0.4, -0.2) is 22.2 Å². The maximum atomic E-state index is 13.1. The fraction of sp³-hybridized carbons (Fsp3) is 0.462. The molecule has 0 atom stereocenters. The minimum atomic E-state index is -1.12. The Morgan fingerprint density at radius 3 is 2.39 bits per heavy atom. The summed E-state index contributed by atoms with van der Waals surface area (Å²) in [6.07, 6.45) is 0. The number of aliphatic hydroxyl groups is 1. The van der Waals surface area contributed by atoms with Crippen LogP contribution in [0.5, 0.6) is 0 Å². The van der Waals surface area contributed by atoms with E-state index in [9.17, 15) is 14.3 Å². The summed E-state index contributed by atoms with van der Waals surface area (Å²) in [6.45, 7) is 6.53. The summed E-state index contributed by atoms with van der Waals surface area (Å²) in [7, 11) is 0. The Morgan fingerprint density at radius 2 is 1.89 bits per heavy atom. The van der Waals surface area contributed by atoms with Crippen molar-refractivity contribution in [3.63, 3.8) is 0 Å². The fourth-order valence-corrected chi connectivity index (χ4v) is 1.23. The number of halogens is 1. The van der Waals surface area contributed by atoms with Crippen LogP contribution in [0.1, 0.15) is 38.1 Å². The second kappa shape index (κ2) is 4.57. The van der Waals surface area contributed by atoms with E-state index in [1.807, 2.05) is 0 Å². The largest absolute Gasteiger partial charge is 0.398 e. The van der Waals surface area contributed by atoms with Crippen molar-refractivity contribution in [2.45, 2.75) is 38.8 Å². The molecule has 1 aromatic carbocycles. The number of anilines is 1. The molecule has 4 nitrogen and oxygen atoms in total. The summed E-state index contributed by atoms with van der Waals surface area (Å²) in [4.78, 5) is 12.0. The smallest absolute Gasteiger partial charge is 0.253 e. The van der Waals surface area contributed by atoms with E-state index in [1.54, 1.807) is 27.7 Å². The standard InChI is InChI=1S/C13H19FN2O2/c1-12(2,13(3,4)18)16-11(17)9-7-8(14)5-6-10(9)15/h5-7,18H,15H2,1-4H3,(H,16,17). The van der Waals surface area contributed by atoms with Crippen molar-refractivity contribution in [2.75, 3.05) is 5.73 Å². The number of carbonyl (C=O) groups is 1. The number of nitrogens with one attached hydrogen (secondary N) is 1. The first kappa shape index (κ1) is 14.4. The van der Waals surface area contributed by atoms with Crippen molar-refractivity contribution in [1.82, 2.24) is 5.32 Å². The number of nitrogens with two attached hydrogens (primary N) is 1. The quantitative estimate of drug-likeness (QED) is 0.718. The molecule has 0 aliphatic rings. The van der Waals surface area contributed by atoms with E-state index in [4.69, 9.17) is 5.73 Å². The summed E-state index contributed by atoms with van der Waals surface area (Å²) in [6, 6.07) is 3.60. The molecule has 1 rings (SSSR count). The number of nitrogen functional groups attached to an aromatic ring is 1. The van der Waals surface area contributed by atoms with Crippen LogP contribution >= 0.6 is 0 Å². The van der Waals surface area contributed by atoms with Crippen molar-refractivity contribution in [3.05, 3.63) is 29.6 Å². The first-order chi connectivity index (χ1) is 8.04. The zero-order valence-corrected chi connectivity index (χ0v) is 11.0. The van der Waals surface area contributed by atoms with Gasteiger partial charge in [0.1, 0.15) is 5.82 Å². The van der Waals surface area contributed by atoms with Gasteiger partial charge < -0.3 is 16.2 Å². The monoisotopic (exact) mass is 254 g/mol. The molecule has 0 aliphatic carbocycles. The lowest BCUT2D eigenvalue weighted by atomic mass is 9.85. The Bertz CT molecular complexity index is 465. The zero-order chi connectivity index (χ0) is 14.1. The van der Waals surface area contributed by atoms with Crippen LogP contribution in [0.25, 0.3) is 0 Å². The molecule has 4 N–H and O–H groups in total. The highest BCUT2D eigenvalue weighted by Gasteiger charge is 2.36. The van der Waals surface area contributed by atoms with Crippen LogP contribution in [0.3, 0.4) is 0 Å². The first-order valence-electron chi connectivity index (χ1n) is 5.64. The van der Waals surface area contributed by atoms with Crippen molar-refractivity contribution < 1.29 is 14.3 Å². The highest BCUT2D eigenvalue weighted by molar-refractivity contribution is 5.99. The van der Waals surface area contributed by atoms with Gasteiger partial charge in [0, 0.05) is 5.69 Å². The van der Waals surface area contributed by atoms with E-state index in [1.165, 1.54) is 12.1 Å². The lowest BCUT2D eigenvalue weighted by Crippen LogP contribution is -2.57. The number of benzene rings is 1. The van der Waals surface area contributed by atoms with Crippen molar-refractivity contribution >= 4 is 11.6 Å². The predicted octanol–water partition coefficient (Wildman–Crippen LogP) is 1.69. The lowest BCUT2D eigenvalue weighted by molar-refractivity contribution is -0.00291. The molecular weight excluding hydrogens is 235 g/mol. The molecule has 5 heteroatoms. The molecule has 100 valence electrons. The average molecular weight is 254 g/mol. The molecule has 0 radical (unpaired) electrons. The molecule has 0 aromatic heterocycles. The second-order valence-corrected chi connectivity index (χ2v) is 5.37. The number of hydrogen-bond acceptors (Lipinski definition) is 3.